The summed E-state index contributed by atoms with van der Waals surface area (Å²) in [5.74, 6) is 0. The van der Waals surface area contributed by atoms with Crippen LogP contribution in [0.4, 0.5) is 0 Å². The summed E-state index contributed by atoms with van der Waals surface area (Å²) in [5.41, 5.74) is -0.275. The molecule has 0 atom stereocenters. The van der Waals surface area contributed by atoms with Gasteiger partial charge in [-0.2, -0.15) is 0 Å². The van der Waals surface area contributed by atoms with Crippen LogP contribution in [-0.2, 0) is 12.8 Å². The minimum absolute atomic E-state index is 0.0157. The van der Waals surface area contributed by atoms with E-state index in [9.17, 15) is 14.4 Å². The van der Waals surface area contributed by atoms with E-state index in [0.29, 0.717) is 23.8 Å². The molecular weight excluding hydrogens is 248 g/mol. The van der Waals surface area contributed by atoms with Crippen molar-refractivity contribution in [1.29, 1.82) is 0 Å². The lowest BCUT2D eigenvalue weighted by atomic mass is 9.93. The summed E-state index contributed by atoms with van der Waals surface area (Å²) in [7, 11) is 0. The van der Waals surface area contributed by atoms with E-state index in [1.807, 2.05) is 0 Å². The first-order valence-electron chi connectivity index (χ1n) is 6.48. The van der Waals surface area contributed by atoms with Gasteiger partial charge in [-0.25, -0.2) is 9.59 Å². The van der Waals surface area contributed by atoms with Gasteiger partial charge in [0.15, 0.2) is 0 Å². The second kappa shape index (κ2) is 4.53. The van der Waals surface area contributed by atoms with Crippen LogP contribution < -0.4 is 16.9 Å². The highest BCUT2D eigenvalue weighted by Gasteiger charge is 2.18. The Morgan fingerprint density at radius 2 is 1.53 bits per heavy atom. The Morgan fingerprint density at radius 3 is 2.26 bits per heavy atom. The van der Waals surface area contributed by atoms with Crippen LogP contribution in [-0.4, -0.2) is 9.97 Å². The molecular formula is C13H14N2O4. The summed E-state index contributed by atoms with van der Waals surface area (Å²) in [4.78, 5) is 39.7. The van der Waals surface area contributed by atoms with E-state index in [1.165, 1.54) is 0 Å². The topological polar surface area (TPSA) is 95.9 Å². The van der Waals surface area contributed by atoms with Gasteiger partial charge in [0.2, 0.25) is 5.71 Å². The first-order valence-corrected chi connectivity index (χ1v) is 6.48. The fourth-order valence-electron chi connectivity index (χ4n) is 2.73. The van der Waals surface area contributed by atoms with E-state index in [1.54, 1.807) is 0 Å². The van der Waals surface area contributed by atoms with Gasteiger partial charge in [-0.1, -0.05) is 12.8 Å². The van der Waals surface area contributed by atoms with Crippen LogP contribution in [0.3, 0.4) is 0 Å². The van der Waals surface area contributed by atoms with Crippen molar-refractivity contribution < 1.29 is 4.42 Å². The smallest absolute Gasteiger partial charge is 0.340 e. The SMILES string of the molecule is O=c1[nH]c(=O)c2c3c(c(=O)oc2[nH]1)CCCCCC3. The quantitative estimate of drug-likeness (QED) is 0.735. The molecule has 0 bridgehead atoms. The summed E-state index contributed by atoms with van der Waals surface area (Å²) in [6.07, 6.45) is 5.33. The van der Waals surface area contributed by atoms with Crippen molar-refractivity contribution >= 4 is 11.1 Å². The molecule has 3 rings (SSSR count). The Kier molecular flexibility index (Phi) is 2.85. The third-order valence-electron chi connectivity index (χ3n) is 3.62. The highest BCUT2D eigenvalue weighted by Crippen LogP contribution is 2.21. The van der Waals surface area contributed by atoms with Gasteiger partial charge in [-0.15, -0.1) is 0 Å². The lowest BCUT2D eigenvalue weighted by molar-refractivity contribution is 0.520. The van der Waals surface area contributed by atoms with Gasteiger partial charge >= 0.3 is 11.3 Å². The number of aryl methyl sites for hydroxylation is 1. The first-order chi connectivity index (χ1) is 9.16. The van der Waals surface area contributed by atoms with Gasteiger partial charge in [0, 0.05) is 5.56 Å². The highest BCUT2D eigenvalue weighted by atomic mass is 16.4. The van der Waals surface area contributed by atoms with Gasteiger partial charge < -0.3 is 4.42 Å². The lowest BCUT2D eigenvalue weighted by Crippen LogP contribution is -2.26. The molecule has 100 valence electrons. The summed E-state index contributed by atoms with van der Waals surface area (Å²) >= 11 is 0. The number of hydrogen-bond donors (Lipinski definition) is 2. The number of hydrogen-bond acceptors (Lipinski definition) is 4. The van der Waals surface area contributed by atoms with Gasteiger partial charge in [-0.3, -0.25) is 14.8 Å². The van der Waals surface area contributed by atoms with Crippen LogP contribution >= 0.6 is 0 Å². The molecule has 0 fully saturated rings. The predicted octanol–water partition coefficient (Wildman–Crippen LogP) is 0.829. The van der Waals surface area contributed by atoms with Crippen LogP contribution in [0.1, 0.15) is 36.8 Å². The molecule has 2 aromatic heterocycles. The van der Waals surface area contributed by atoms with Gasteiger partial charge in [0.25, 0.3) is 5.56 Å². The van der Waals surface area contributed by atoms with Gasteiger partial charge in [0.05, 0.1) is 0 Å². The van der Waals surface area contributed by atoms with E-state index >= 15 is 0 Å². The zero-order valence-electron chi connectivity index (χ0n) is 10.4. The van der Waals surface area contributed by atoms with Crippen LogP contribution in [0, 0.1) is 0 Å². The third kappa shape index (κ3) is 2.03. The highest BCUT2D eigenvalue weighted by molar-refractivity contribution is 5.76. The molecule has 0 saturated carbocycles. The standard InChI is InChI=1S/C13H14N2O4/c16-10-9-7-5-3-1-2-4-6-8(7)12(17)19-11(9)15-13(18)14-10/h1-6H2,(H2,14,15,16,18). The van der Waals surface area contributed by atoms with Crippen LogP contribution in [0.5, 0.6) is 0 Å². The Morgan fingerprint density at radius 1 is 0.842 bits per heavy atom. The molecule has 0 spiro atoms. The molecule has 2 N–H and O–H groups in total. The average Bonchev–Trinajstić information content (AvgIpc) is 2.29. The third-order valence-corrected chi connectivity index (χ3v) is 3.62. The van der Waals surface area contributed by atoms with Gasteiger partial charge in [0.1, 0.15) is 5.39 Å². The summed E-state index contributed by atoms with van der Waals surface area (Å²) in [6, 6.07) is 0. The van der Waals surface area contributed by atoms with Crippen LogP contribution in [0.2, 0.25) is 0 Å². The Hall–Kier alpha value is -2.11. The maximum Gasteiger partial charge on any atom is 0.340 e. The van der Waals surface area contributed by atoms with Crippen LogP contribution in [0.25, 0.3) is 11.1 Å². The molecule has 19 heavy (non-hydrogen) atoms. The minimum Gasteiger partial charge on any atom is -0.405 e. The summed E-state index contributed by atoms with van der Waals surface area (Å²) in [6.45, 7) is 0. The Labute approximate surface area is 107 Å². The van der Waals surface area contributed by atoms with Crippen molar-refractivity contribution in [3.63, 3.8) is 0 Å². The number of H-pyrrole nitrogens is 2. The predicted molar refractivity (Wildman–Crippen MR) is 69.6 cm³/mol. The molecule has 1 aliphatic rings. The number of rotatable bonds is 0. The fourth-order valence-corrected chi connectivity index (χ4v) is 2.73. The molecule has 0 radical (unpaired) electrons. The molecule has 0 aliphatic heterocycles. The average molecular weight is 262 g/mol. The molecule has 0 unspecified atom stereocenters. The Balaban J connectivity index is 2.42. The van der Waals surface area contributed by atoms with Crippen LogP contribution in [0.15, 0.2) is 18.8 Å². The molecule has 2 aromatic rings. The van der Waals surface area contributed by atoms with E-state index in [4.69, 9.17) is 4.42 Å². The maximum atomic E-state index is 12.0. The van der Waals surface area contributed by atoms with E-state index in [0.717, 1.165) is 31.2 Å². The molecule has 6 heteroatoms. The molecule has 2 heterocycles. The van der Waals surface area contributed by atoms with Crippen molar-refractivity contribution in [2.75, 3.05) is 0 Å². The molecule has 0 aromatic carbocycles. The van der Waals surface area contributed by atoms with E-state index < -0.39 is 16.9 Å². The number of aromatic amines is 2. The van der Waals surface area contributed by atoms with Crippen molar-refractivity contribution in [2.24, 2.45) is 0 Å². The second-order valence-electron chi connectivity index (χ2n) is 4.87. The van der Waals surface area contributed by atoms with Crippen molar-refractivity contribution in [1.82, 2.24) is 9.97 Å². The first kappa shape index (κ1) is 12.0. The van der Waals surface area contributed by atoms with E-state index in [-0.39, 0.29) is 5.71 Å². The van der Waals surface area contributed by atoms with Crippen molar-refractivity contribution in [3.05, 3.63) is 42.4 Å². The normalized spacial score (nSPS) is 15.8. The van der Waals surface area contributed by atoms with Crippen molar-refractivity contribution in [2.45, 2.75) is 38.5 Å². The largest absolute Gasteiger partial charge is 0.405 e. The number of fused-ring (bicyclic) bond motifs is 3. The zero-order chi connectivity index (χ0) is 13.4. The zero-order valence-corrected chi connectivity index (χ0v) is 10.4. The monoisotopic (exact) mass is 262 g/mol. The number of nitrogens with one attached hydrogen (secondary N) is 2. The molecule has 1 aliphatic carbocycles. The van der Waals surface area contributed by atoms with Crippen molar-refractivity contribution in [3.8, 4) is 0 Å². The second-order valence-corrected chi connectivity index (χ2v) is 4.87. The fraction of sp³-hybridized carbons (Fsp3) is 0.462. The van der Waals surface area contributed by atoms with E-state index in [2.05, 4.69) is 9.97 Å². The summed E-state index contributed by atoms with van der Waals surface area (Å²) in [5, 5.41) is 0.316. The molecule has 0 amide bonds. The molecule has 6 nitrogen and oxygen atoms in total. The summed E-state index contributed by atoms with van der Waals surface area (Å²) < 4.78 is 5.09. The number of aromatic nitrogens is 2. The molecule has 0 saturated heterocycles. The Bertz CT molecular complexity index is 797. The maximum absolute atomic E-state index is 12.0. The minimum atomic E-state index is -0.661. The lowest BCUT2D eigenvalue weighted by Gasteiger charge is -2.13. The van der Waals surface area contributed by atoms with Gasteiger partial charge in [-0.05, 0) is 31.2 Å².